The molecule has 0 atom stereocenters. The summed E-state index contributed by atoms with van der Waals surface area (Å²) in [6, 6.07) is 4.19. The lowest BCUT2D eigenvalue weighted by molar-refractivity contribution is -0.137. The highest BCUT2D eigenvalue weighted by molar-refractivity contribution is 7.92. The van der Waals surface area contributed by atoms with Gasteiger partial charge in [-0.3, -0.25) is 9.93 Å². The van der Waals surface area contributed by atoms with Gasteiger partial charge in [0.05, 0.1) is 27.1 Å². The highest BCUT2D eigenvalue weighted by atomic mass is 32.2. The predicted octanol–water partition coefficient (Wildman–Crippen LogP) is 4.94. The smallest absolute Gasteiger partial charge is 0.345 e. The first-order valence-corrected chi connectivity index (χ1v) is 11.4. The van der Waals surface area contributed by atoms with Crippen molar-refractivity contribution in [1.29, 1.82) is 0 Å². The number of aromatic nitrogens is 3. The molecule has 0 radical (unpaired) electrons. The molecule has 2 aromatic carbocycles. The van der Waals surface area contributed by atoms with E-state index >= 15 is 4.39 Å². The topological polar surface area (TPSA) is 111 Å². The number of H-pyrrole nitrogens is 1. The largest absolute Gasteiger partial charge is 0.416 e. The highest BCUT2D eigenvalue weighted by Gasteiger charge is 2.31. The normalized spacial score (nSPS) is 12.1. The van der Waals surface area contributed by atoms with Crippen LogP contribution in [0.25, 0.3) is 16.6 Å². The Morgan fingerprint density at radius 3 is 2.39 bits per heavy atom. The molecule has 4 aromatic rings. The van der Waals surface area contributed by atoms with E-state index in [1.165, 1.54) is 13.2 Å². The molecular formula is C22H16F5N5O3S. The highest BCUT2D eigenvalue weighted by Crippen LogP contribution is 2.37. The number of alkyl halides is 3. The summed E-state index contributed by atoms with van der Waals surface area (Å²) >= 11 is 0. The third-order valence-electron chi connectivity index (χ3n) is 5.21. The Morgan fingerprint density at radius 2 is 1.78 bits per heavy atom. The number of benzene rings is 2. The Hall–Kier alpha value is -4.04. The molecule has 2 heterocycles. The van der Waals surface area contributed by atoms with E-state index in [9.17, 15) is 31.2 Å². The first-order valence-electron chi connectivity index (χ1n) is 9.93. The van der Waals surface area contributed by atoms with Crippen LogP contribution in [-0.4, -0.2) is 35.6 Å². The van der Waals surface area contributed by atoms with Crippen molar-refractivity contribution < 1.29 is 35.6 Å². The van der Waals surface area contributed by atoms with Crippen LogP contribution in [-0.2, 0) is 16.2 Å². The average molecular weight is 525 g/mol. The van der Waals surface area contributed by atoms with Crippen LogP contribution in [0.3, 0.4) is 0 Å². The first kappa shape index (κ1) is 25.1. The van der Waals surface area contributed by atoms with E-state index in [0.29, 0.717) is 29.3 Å². The lowest BCUT2D eigenvalue weighted by Crippen LogP contribution is -2.15. The minimum Gasteiger partial charge on any atom is -0.345 e. The standard InChI is InChI=1S/C22H16F5N5O3S/c1-11(14-9-28-20-18(14)21(32(2)33)30-10-29-20)17-15(23)7-8-16(19(17)24)31-36(34,35)13-5-3-12(4-6-13)22(25,26)27/h3-10,31,33H,1H2,2H3,(H,28,29,30). The maximum absolute atomic E-state index is 15.4. The monoisotopic (exact) mass is 525 g/mol. The van der Waals surface area contributed by atoms with Crippen molar-refractivity contribution in [2.45, 2.75) is 11.1 Å². The number of hydrogen-bond donors (Lipinski definition) is 3. The molecule has 0 saturated heterocycles. The fraction of sp³-hybridized carbons (Fsp3) is 0.0909. The van der Waals surface area contributed by atoms with Crippen molar-refractivity contribution in [2.24, 2.45) is 0 Å². The second-order valence-electron chi connectivity index (χ2n) is 7.54. The molecule has 0 aliphatic carbocycles. The van der Waals surface area contributed by atoms with Crippen molar-refractivity contribution in [2.75, 3.05) is 16.8 Å². The maximum Gasteiger partial charge on any atom is 0.416 e. The van der Waals surface area contributed by atoms with Gasteiger partial charge in [-0.25, -0.2) is 32.2 Å². The summed E-state index contributed by atoms with van der Waals surface area (Å²) in [6.07, 6.45) is -2.18. The lowest BCUT2D eigenvalue weighted by Gasteiger charge is -2.15. The van der Waals surface area contributed by atoms with Gasteiger partial charge in [-0.1, -0.05) is 6.58 Å². The number of fused-ring (bicyclic) bond motifs is 1. The number of anilines is 2. The van der Waals surface area contributed by atoms with Gasteiger partial charge in [0.15, 0.2) is 11.6 Å². The molecule has 188 valence electrons. The summed E-state index contributed by atoms with van der Waals surface area (Å²) in [5.74, 6) is -2.38. The number of halogens is 5. The van der Waals surface area contributed by atoms with Crippen molar-refractivity contribution in [1.82, 2.24) is 15.0 Å². The molecule has 8 nitrogen and oxygen atoms in total. The van der Waals surface area contributed by atoms with Crippen molar-refractivity contribution >= 4 is 38.1 Å². The van der Waals surface area contributed by atoms with E-state index in [1.54, 1.807) is 0 Å². The second kappa shape index (κ2) is 8.87. The molecule has 4 rings (SSSR count). The Balaban J connectivity index is 1.74. The molecule has 36 heavy (non-hydrogen) atoms. The third kappa shape index (κ3) is 4.47. The van der Waals surface area contributed by atoms with Gasteiger partial charge in [0.1, 0.15) is 17.8 Å². The van der Waals surface area contributed by atoms with Gasteiger partial charge in [0, 0.05) is 18.8 Å². The van der Waals surface area contributed by atoms with Gasteiger partial charge in [-0.15, -0.1) is 0 Å². The molecule has 0 unspecified atom stereocenters. The fourth-order valence-corrected chi connectivity index (χ4v) is 4.56. The van der Waals surface area contributed by atoms with Crippen LogP contribution in [0.4, 0.5) is 33.5 Å². The predicted molar refractivity (Wildman–Crippen MR) is 121 cm³/mol. The van der Waals surface area contributed by atoms with Crippen LogP contribution in [0.2, 0.25) is 0 Å². The van der Waals surface area contributed by atoms with Crippen LogP contribution >= 0.6 is 0 Å². The summed E-state index contributed by atoms with van der Waals surface area (Å²) < 4.78 is 95.8. The zero-order valence-corrected chi connectivity index (χ0v) is 19.0. The average Bonchev–Trinajstić information content (AvgIpc) is 3.24. The molecule has 3 N–H and O–H groups in total. The van der Waals surface area contributed by atoms with Gasteiger partial charge >= 0.3 is 6.18 Å². The summed E-state index contributed by atoms with van der Waals surface area (Å²) in [5.41, 5.74) is -2.27. The SMILES string of the molecule is C=C(c1c(F)ccc(NS(=O)(=O)c2ccc(C(F)(F)F)cc2)c1F)c1c[nH]c2ncnc(N(C)O)c12. The molecule has 0 spiro atoms. The van der Waals surface area contributed by atoms with Gasteiger partial charge in [0.2, 0.25) is 0 Å². The fourth-order valence-electron chi connectivity index (χ4n) is 3.50. The minimum absolute atomic E-state index is 0.0115. The number of hydroxylamine groups is 1. The summed E-state index contributed by atoms with van der Waals surface area (Å²) in [4.78, 5) is 10.1. The van der Waals surface area contributed by atoms with Crippen LogP contribution in [0.5, 0.6) is 0 Å². The Morgan fingerprint density at radius 1 is 1.11 bits per heavy atom. The number of hydrogen-bond acceptors (Lipinski definition) is 6. The zero-order chi connectivity index (χ0) is 26.4. The summed E-state index contributed by atoms with van der Waals surface area (Å²) in [6.45, 7) is 3.73. The van der Waals surface area contributed by atoms with Crippen LogP contribution in [0.15, 0.2) is 60.4 Å². The molecule has 0 saturated carbocycles. The van der Waals surface area contributed by atoms with E-state index in [-0.39, 0.29) is 28.0 Å². The first-order chi connectivity index (χ1) is 16.8. The zero-order valence-electron chi connectivity index (χ0n) is 18.2. The molecule has 0 aliphatic heterocycles. The van der Waals surface area contributed by atoms with Crippen molar-refractivity contribution in [3.63, 3.8) is 0 Å². The molecule has 2 aromatic heterocycles. The molecule has 14 heteroatoms. The van der Waals surface area contributed by atoms with E-state index < -0.39 is 49.5 Å². The molecule has 0 bridgehead atoms. The van der Waals surface area contributed by atoms with E-state index in [2.05, 4.69) is 21.5 Å². The minimum atomic E-state index is -4.67. The van der Waals surface area contributed by atoms with E-state index in [0.717, 1.165) is 18.5 Å². The van der Waals surface area contributed by atoms with Gasteiger partial charge in [-0.2, -0.15) is 13.2 Å². The molecule has 0 aliphatic rings. The summed E-state index contributed by atoms with van der Waals surface area (Å²) in [7, 11) is -3.26. The van der Waals surface area contributed by atoms with Crippen molar-refractivity contribution in [3.8, 4) is 0 Å². The Labute approximate surface area is 200 Å². The van der Waals surface area contributed by atoms with Crippen LogP contribution in [0.1, 0.15) is 16.7 Å². The van der Waals surface area contributed by atoms with Gasteiger partial charge < -0.3 is 4.98 Å². The Kier molecular flexibility index (Phi) is 6.18. The maximum atomic E-state index is 15.4. The second-order valence-corrected chi connectivity index (χ2v) is 9.22. The molecule has 0 fully saturated rings. The Bertz CT molecular complexity index is 1580. The van der Waals surface area contributed by atoms with Gasteiger partial charge in [-0.05, 0) is 42.0 Å². The number of sulfonamides is 1. The van der Waals surface area contributed by atoms with Crippen LogP contribution in [0, 0.1) is 11.6 Å². The molecular weight excluding hydrogens is 509 g/mol. The number of nitrogens with zero attached hydrogens (tertiary/aromatic N) is 3. The third-order valence-corrected chi connectivity index (χ3v) is 6.59. The molecule has 0 amide bonds. The van der Waals surface area contributed by atoms with Crippen LogP contribution < -0.4 is 9.79 Å². The summed E-state index contributed by atoms with van der Waals surface area (Å²) in [5, 5.41) is 10.8. The van der Waals surface area contributed by atoms with Gasteiger partial charge in [0.25, 0.3) is 10.0 Å². The lowest BCUT2D eigenvalue weighted by atomic mass is 9.98. The number of aromatic amines is 1. The number of rotatable bonds is 6. The quantitative estimate of drug-likeness (QED) is 0.243. The van der Waals surface area contributed by atoms with E-state index in [4.69, 9.17) is 0 Å². The number of nitrogens with one attached hydrogen (secondary N) is 2. The van der Waals surface area contributed by atoms with Crippen molar-refractivity contribution in [3.05, 3.63) is 83.8 Å². The van der Waals surface area contributed by atoms with E-state index in [1.807, 2.05) is 4.72 Å².